The summed E-state index contributed by atoms with van der Waals surface area (Å²) in [4.78, 5) is 32.0. The number of hydrogen-bond donors (Lipinski definition) is 0. The molecule has 0 N–H and O–H groups in total. The molecule has 0 radical (unpaired) electrons. The first kappa shape index (κ1) is 16.1. The van der Waals surface area contributed by atoms with Gasteiger partial charge in [0.15, 0.2) is 5.92 Å². The second-order valence-corrected chi connectivity index (χ2v) is 4.89. The highest BCUT2D eigenvalue weighted by atomic mass is 16.6. The van der Waals surface area contributed by atoms with Crippen LogP contribution in [0.5, 0.6) is 0 Å². The van der Waals surface area contributed by atoms with Gasteiger partial charge in [-0.15, -0.1) is 0 Å². The predicted octanol–water partition coefficient (Wildman–Crippen LogP) is 1.54. The van der Waals surface area contributed by atoms with Gasteiger partial charge in [0.25, 0.3) is 0 Å². The summed E-state index contributed by atoms with van der Waals surface area (Å²) in [7, 11) is 0. The maximum absolute atomic E-state index is 12.0. The Bertz CT molecular complexity index is 424. The molecule has 20 heavy (non-hydrogen) atoms. The van der Waals surface area contributed by atoms with Crippen LogP contribution in [0.3, 0.4) is 0 Å². The van der Waals surface area contributed by atoms with Gasteiger partial charge in [-0.05, 0) is 33.8 Å². The molecule has 0 aromatic carbocycles. The van der Waals surface area contributed by atoms with Crippen molar-refractivity contribution in [2.45, 2.75) is 46.3 Å². The van der Waals surface area contributed by atoms with E-state index >= 15 is 0 Å². The van der Waals surface area contributed by atoms with Gasteiger partial charge in [-0.2, -0.15) is 0 Å². The molecule has 0 saturated carbocycles. The number of aromatic nitrogens is 2. The van der Waals surface area contributed by atoms with Gasteiger partial charge in [-0.25, -0.2) is 9.97 Å². The zero-order valence-corrected chi connectivity index (χ0v) is 12.2. The van der Waals surface area contributed by atoms with E-state index in [2.05, 4.69) is 9.97 Å². The molecule has 0 bridgehead atoms. The fraction of sp³-hybridized carbons (Fsp3) is 0.571. The van der Waals surface area contributed by atoms with E-state index in [1.165, 1.54) is 0 Å². The molecule has 0 unspecified atom stereocenters. The van der Waals surface area contributed by atoms with E-state index in [1.54, 1.807) is 46.2 Å². The van der Waals surface area contributed by atoms with Crippen molar-refractivity contribution >= 4 is 11.9 Å². The molecule has 0 aliphatic carbocycles. The average Bonchev–Trinajstić information content (AvgIpc) is 2.35. The number of hydrogen-bond acceptors (Lipinski definition) is 6. The Morgan fingerprint density at radius 1 is 1.00 bits per heavy atom. The minimum absolute atomic E-state index is 0.0674. The monoisotopic (exact) mass is 280 g/mol. The summed E-state index contributed by atoms with van der Waals surface area (Å²) in [5.41, 5.74) is 0. The Morgan fingerprint density at radius 3 is 1.85 bits per heavy atom. The third-order valence-corrected chi connectivity index (χ3v) is 2.28. The lowest BCUT2D eigenvalue weighted by molar-refractivity contribution is -0.166. The van der Waals surface area contributed by atoms with Crippen LogP contribution in [-0.4, -0.2) is 34.1 Å². The normalized spacial score (nSPS) is 10.9. The van der Waals surface area contributed by atoms with Gasteiger partial charge in [0, 0.05) is 18.8 Å². The summed E-state index contributed by atoms with van der Waals surface area (Å²) < 4.78 is 10.2. The van der Waals surface area contributed by atoms with Crippen LogP contribution in [0.25, 0.3) is 0 Å². The molecular formula is C14H20N2O4. The fourth-order valence-corrected chi connectivity index (χ4v) is 1.51. The molecule has 0 aliphatic rings. The third-order valence-electron chi connectivity index (χ3n) is 2.28. The molecule has 0 atom stereocenters. The summed E-state index contributed by atoms with van der Waals surface area (Å²) in [6.45, 7) is 6.90. The second kappa shape index (κ2) is 7.57. The highest BCUT2D eigenvalue weighted by Crippen LogP contribution is 2.12. The van der Waals surface area contributed by atoms with E-state index in [4.69, 9.17) is 9.47 Å². The number of nitrogens with zero attached hydrogens (tertiary/aromatic N) is 2. The Labute approximate surface area is 118 Å². The lowest BCUT2D eigenvalue weighted by atomic mass is 10.1. The highest BCUT2D eigenvalue weighted by molar-refractivity contribution is 5.95. The molecule has 110 valence electrons. The lowest BCUT2D eigenvalue weighted by Crippen LogP contribution is -2.33. The highest BCUT2D eigenvalue weighted by Gasteiger charge is 2.32. The minimum atomic E-state index is -1.04. The van der Waals surface area contributed by atoms with Crippen molar-refractivity contribution in [2.24, 2.45) is 5.92 Å². The maximum atomic E-state index is 12.0. The number of carbonyl (C=O) groups is 2. The van der Waals surface area contributed by atoms with Crippen LogP contribution in [-0.2, 0) is 25.5 Å². The molecule has 0 spiro atoms. The number of esters is 2. The van der Waals surface area contributed by atoms with Gasteiger partial charge in [0.05, 0.1) is 12.2 Å². The van der Waals surface area contributed by atoms with Crippen LogP contribution in [0, 0.1) is 5.92 Å². The first-order chi connectivity index (χ1) is 9.40. The van der Waals surface area contributed by atoms with Crippen LogP contribution in [0.2, 0.25) is 0 Å². The summed E-state index contributed by atoms with van der Waals surface area (Å²) in [6.07, 6.45) is 2.59. The maximum Gasteiger partial charge on any atom is 0.321 e. The molecule has 1 rings (SSSR count). The number of rotatable bonds is 6. The van der Waals surface area contributed by atoms with E-state index in [0.29, 0.717) is 5.82 Å². The van der Waals surface area contributed by atoms with Crippen LogP contribution in [0.15, 0.2) is 18.5 Å². The minimum Gasteiger partial charge on any atom is -0.462 e. The van der Waals surface area contributed by atoms with Gasteiger partial charge < -0.3 is 9.47 Å². The fourth-order valence-electron chi connectivity index (χ4n) is 1.51. The van der Waals surface area contributed by atoms with Crippen molar-refractivity contribution in [3.05, 3.63) is 24.3 Å². The summed E-state index contributed by atoms with van der Waals surface area (Å²) >= 11 is 0. The molecule has 0 amide bonds. The smallest absolute Gasteiger partial charge is 0.321 e. The first-order valence-electron chi connectivity index (χ1n) is 6.57. The van der Waals surface area contributed by atoms with Gasteiger partial charge in [0.1, 0.15) is 5.82 Å². The van der Waals surface area contributed by atoms with Crippen LogP contribution in [0.1, 0.15) is 33.5 Å². The van der Waals surface area contributed by atoms with Crippen LogP contribution < -0.4 is 0 Å². The molecular weight excluding hydrogens is 260 g/mol. The Hall–Kier alpha value is -1.98. The number of ether oxygens (including phenoxy) is 2. The van der Waals surface area contributed by atoms with E-state index < -0.39 is 17.9 Å². The standard InChI is InChI=1S/C14H20N2O4/c1-9(2)19-13(17)11(14(18)20-10(3)4)8-12-15-6-5-7-16-12/h5-7,9-11H,8H2,1-4H3. The molecule has 0 fully saturated rings. The van der Waals surface area contributed by atoms with Crippen molar-refractivity contribution in [3.63, 3.8) is 0 Å². The molecule has 1 aromatic heterocycles. The molecule has 6 nitrogen and oxygen atoms in total. The average molecular weight is 280 g/mol. The molecule has 6 heteroatoms. The number of carbonyl (C=O) groups excluding carboxylic acids is 2. The summed E-state index contributed by atoms with van der Waals surface area (Å²) in [5.74, 6) is -1.86. The zero-order valence-electron chi connectivity index (χ0n) is 12.2. The van der Waals surface area contributed by atoms with Crippen molar-refractivity contribution < 1.29 is 19.1 Å². The summed E-state index contributed by atoms with van der Waals surface area (Å²) in [6, 6.07) is 1.66. The first-order valence-corrected chi connectivity index (χ1v) is 6.57. The van der Waals surface area contributed by atoms with E-state index in [1.807, 2.05) is 0 Å². The van der Waals surface area contributed by atoms with Gasteiger partial charge in [0.2, 0.25) is 0 Å². The van der Waals surface area contributed by atoms with Gasteiger partial charge in [-0.3, -0.25) is 9.59 Å². The quantitative estimate of drug-likeness (QED) is 0.581. The molecule has 0 aliphatic heterocycles. The lowest BCUT2D eigenvalue weighted by Gasteiger charge is -2.17. The van der Waals surface area contributed by atoms with E-state index in [9.17, 15) is 9.59 Å². The SMILES string of the molecule is CC(C)OC(=O)C(Cc1ncccn1)C(=O)OC(C)C. The zero-order chi connectivity index (χ0) is 15.1. The summed E-state index contributed by atoms with van der Waals surface area (Å²) in [5, 5.41) is 0. The van der Waals surface area contributed by atoms with Gasteiger partial charge in [-0.1, -0.05) is 0 Å². The molecule has 0 saturated heterocycles. The Kier molecular flexibility index (Phi) is 6.09. The van der Waals surface area contributed by atoms with Crippen LogP contribution >= 0.6 is 0 Å². The van der Waals surface area contributed by atoms with Crippen molar-refractivity contribution in [1.29, 1.82) is 0 Å². The van der Waals surface area contributed by atoms with Crippen LogP contribution in [0.4, 0.5) is 0 Å². The van der Waals surface area contributed by atoms with Gasteiger partial charge >= 0.3 is 11.9 Å². The topological polar surface area (TPSA) is 78.4 Å². The van der Waals surface area contributed by atoms with E-state index in [-0.39, 0.29) is 18.6 Å². The van der Waals surface area contributed by atoms with Crippen molar-refractivity contribution in [1.82, 2.24) is 9.97 Å². The molecule has 1 heterocycles. The third kappa shape index (κ3) is 5.34. The predicted molar refractivity (Wildman–Crippen MR) is 71.7 cm³/mol. The second-order valence-electron chi connectivity index (χ2n) is 4.89. The largest absolute Gasteiger partial charge is 0.462 e. The van der Waals surface area contributed by atoms with Crippen molar-refractivity contribution in [3.8, 4) is 0 Å². The van der Waals surface area contributed by atoms with Crippen molar-refractivity contribution in [2.75, 3.05) is 0 Å². The van der Waals surface area contributed by atoms with E-state index in [0.717, 1.165) is 0 Å². The molecule has 1 aromatic rings. The Balaban J connectivity index is 2.83. The Morgan fingerprint density at radius 2 is 1.45 bits per heavy atom.